The van der Waals surface area contributed by atoms with Crippen molar-refractivity contribution in [1.82, 2.24) is 14.4 Å². The molecule has 0 aliphatic carbocycles. The molecule has 80 valence electrons. The molecule has 4 nitrogen and oxygen atoms in total. The molecule has 0 atom stereocenters. The number of imidazole rings is 1. The minimum atomic E-state index is 0.443. The molecule has 3 aromatic rings. The second kappa shape index (κ2) is 3.70. The van der Waals surface area contributed by atoms with Gasteiger partial charge >= 0.3 is 0 Å². The zero-order valence-electron chi connectivity index (χ0n) is 8.50. The van der Waals surface area contributed by atoms with Crippen LogP contribution in [-0.2, 0) is 6.54 Å². The summed E-state index contributed by atoms with van der Waals surface area (Å²) in [5, 5.41) is 2.86. The van der Waals surface area contributed by atoms with Crippen LogP contribution in [0.2, 0.25) is 0 Å². The highest BCUT2D eigenvalue weighted by Gasteiger charge is 2.12. The van der Waals surface area contributed by atoms with Crippen LogP contribution in [-0.4, -0.2) is 14.4 Å². The predicted molar refractivity (Wildman–Crippen MR) is 64.2 cm³/mol. The number of fused-ring (bicyclic) bond motifs is 1. The molecule has 0 amide bonds. The van der Waals surface area contributed by atoms with Crippen LogP contribution in [0.25, 0.3) is 16.3 Å². The number of nitrogens with zero attached hydrogens (tertiary/aromatic N) is 3. The molecule has 0 aromatic carbocycles. The maximum absolute atomic E-state index is 5.69. The zero-order chi connectivity index (χ0) is 11.0. The average Bonchev–Trinajstić information content (AvgIpc) is 2.95. The van der Waals surface area contributed by atoms with Gasteiger partial charge < -0.3 is 5.73 Å². The first-order valence-corrected chi connectivity index (χ1v) is 5.84. The Morgan fingerprint density at radius 2 is 2.31 bits per heavy atom. The Morgan fingerprint density at radius 3 is 3.06 bits per heavy atom. The molecule has 3 aromatic heterocycles. The molecule has 0 fully saturated rings. The normalized spacial score (nSPS) is 11.1. The largest absolute Gasteiger partial charge is 0.325 e. The number of hydrogen-bond donors (Lipinski definition) is 1. The van der Waals surface area contributed by atoms with Gasteiger partial charge in [-0.1, -0.05) is 6.07 Å². The van der Waals surface area contributed by atoms with Crippen molar-refractivity contribution in [2.24, 2.45) is 5.73 Å². The van der Waals surface area contributed by atoms with Gasteiger partial charge in [0.15, 0.2) is 10.8 Å². The molecule has 3 heterocycles. The fourth-order valence-electron chi connectivity index (χ4n) is 1.74. The number of nitrogens with two attached hydrogens (primary N) is 1. The molecule has 0 saturated carbocycles. The molecule has 0 aliphatic rings. The third kappa shape index (κ3) is 1.33. The summed E-state index contributed by atoms with van der Waals surface area (Å²) in [4.78, 5) is 8.81. The number of rotatable bonds is 2. The first kappa shape index (κ1) is 9.50. The summed E-state index contributed by atoms with van der Waals surface area (Å²) < 4.78 is 2.03. The van der Waals surface area contributed by atoms with Crippen molar-refractivity contribution in [3.8, 4) is 10.8 Å². The molecule has 3 rings (SSSR count). The molecule has 0 unspecified atom stereocenters. The standard InChI is InChI=1S/C11H10N4S/c12-7-8-9-3-1-2-5-15(9)10(14-8)11-13-4-6-16-11/h1-6H,7,12H2. The Bertz CT molecular complexity index is 612. The Balaban J connectivity index is 2.33. The van der Waals surface area contributed by atoms with Gasteiger partial charge in [0.05, 0.1) is 11.2 Å². The van der Waals surface area contributed by atoms with Gasteiger partial charge in [0.25, 0.3) is 0 Å². The van der Waals surface area contributed by atoms with E-state index in [1.165, 1.54) is 0 Å². The minimum absolute atomic E-state index is 0.443. The fraction of sp³-hybridized carbons (Fsp3) is 0.0909. The number of pyridine rings is 1. The van der Waals surface area contributed by atoms with Crippen molar-refractivity contribution in [3.63, 3.8) is 0 Å². The fourth-order valence-corrected chi connectivity index (χ4v) is 2.36. The van der Waals surface area contributed by atoms with Crippen molar-refractivity contribution in [2.75, 3.05) is 0 Å². The summed E-state index contributed by atoms with van der Waals surface area (Å²) in [5.74, 6) is 0.867. The van der Waals surface area contributed by atoms with Gasteiger partial charge in [0.2, 0.25) is 0 Å². The molecule has 0 aliphatic heterocycles. The summed E-state index contributed by atoms with van der Waals surface area (Å²) in [7, 11) is 0. The second-order valence-corrected chi connectivity index (χ2v) is 4.27. The lowest BCUT2D eigenvalue weighted by Gasteiger charge is -1.96. The Hall–Kier alpha value is -1.72. The Labute approximate surface area is 96.4 Å². The van der Waals surface area contributed by atoms with E-state index < -0.39 is 0 Å². The number of aromatic nitrogens is 3. The van der Waals surface area contributed by atoms with E-state index in [-0.39, 0.29) is 0 Å². The number of thiazole rings is 1. The highest BCUT2D eigenvalue weighted by atomic mass is 32.1. The lowest BCUT2D eigenvalue weighted by atomic mass is 10.3. The van der Waals surface area contributed by atoms with Gasteiger partial charge in [0.1, 0.15) is 0 Å². The highest BCUT2D eigenvalue weighted by molar-refractivity contribution is 7.13. The lowest BCUT2D eigenvalue weighted by molar-refractivity contribution is 1.02. The molecule has 0 saturated heterocycles. The summed E-state index contributed by atoms with van der Waals surface area (Å²) in [6.07, 6.45) is 3.77. The van der Waals surface area contributed by atoms with Gasteiger partial charge in [-0.25, -0.2) is 9.97 Å². The smallest absolute Gasteiger partial charge is 0.174 e. The molecule has 16 heavy (non-hydrogen) atoms. The first-order valence-electron chi connectivity index (χ1n) is 4.96. The second-order valence-electron chi connectivity index (χ2n) is 3.38. The zero-order valence-corrected chi connectivity index (χ0v) is 9.31. The van der Waals surface area contributed by atoms with Crippen LogP contribution in [0.15, 0.2) is 36.0 Å². The van der Waals surface area contributed by atoms with E-state index in [4.69, 9.17) is 5.73 Å². The van der Waals surface area contributed by atoms with E-state index in [1.54, 1.807) is 17.5 Å². The maximum Gasteiger partial charge on any atom is 0.174 e. The van der Waals surface area contributed by atoms with Crippen molar-refractivity contribution in [2.45, 2.75) is 6.54 Å². The molecule has 0 spiro atoms. The van der Waals surface area contributed by atoms with Crippen LogP contribution in [0, 0.1) is 0 Å². The quantitative estimate of drug-likeness (QED) is 0.731. The summed E-state index contributed by atoms with van der Waals surface area (Å²) in [5.41, 5.74) is 7.65. The lowest BCUT2D eigenvalue weighted by Crippen LogP contribution is -1.96. The topological polar surface area (TPSA) is 56.2 Å². The van der Waals surface area contributed by atoms with Crippen molar-refractivity contribution in [3.05, 3.63) is 41.7 Å². The molecule has 5 heteroatoms. The van der Waals surface area contributed by atoms with E-state index in [0.29, 0.717) is 6.54 Å². The minimum Gasteiger partial charge on any atom is -0.325 e. The van der Waals surface area contributed by atoms with Crippen LogP contribution < -0.4 is 5.73 Å². The van der Waals surface area contributed by atoms with Crippen molar-refractivity contribution < 1.29 is 0 Å². The first-order chi connectivity index (χ1) is 7.90. The van der Waals surface area contributed by atoms with Crippen molar-refractivity contribution in [1.29, 1.82) is 0 Å². The van der Waals surface area contributed by atoms with E-state index in [2.05, 4.69) is 9.97 Å². The Kier molecular flexibility index (Phi) is 2.19. The van der Waals surface area contributed by atoms with Gasteiger partial charge in [0, 0.05) is 24.3 Å². The van der Waals surface area contributed by atoms with Gasteiger partial charge in [-0.05, 0) is 12.1 Å². The summed E-state index contributed by atoms with van der Waals surface area (Å²) in [6.45, 7) is 0.443. The van der Waals surface area contributed by atoms with E-state index in [9.17, 15) is 0 Å². The molecular formula is C11H10N4S. The van der Waals surface area contributed by atoms with Gasteiger partial charge in [-0.2, -0.15) is 0 Å². The van der Waals surface area contributed by atoms with E-state index in [0.717, 1.165) is 22.0 Å². The third-order valence-corrected chi connectivity index (χ3v) is 3.21. The monoisotopic (exact) mass is 230 g/mol. The molecule has 0 bridgehead atoms. The average molecular weight is 230 g/mol. The molecule has 2 N–H and O–H groups in total. The maximum atomic E-state index is 5.69. The third-order valence-electron chi connectivity index (χ3n) is 2.44. The number of hydrogen-bond acceptors (Lipinski definition) is 4. The van der Waals surface area contributed by atoms with Crippen LogP contribution >= 0.6 is 11.3 Å². The predicted octanol–water partition coefficient (Wildman–Crippen LogP) is 1.92. The SMILES string of the molecule is NCc1nc(-c2nccs2)n2ccccc12. The highest BCUT2D eigenvalue weighted by Crippen LogP contribution is 2.23. The summed E-state index contributed by atoms with van der Waals surface area (Å²) in [6, 6.07) is 5.99. The molecular weight excluding hydrogens is 220 g/mol. The van der Waals surface area contributed by atoms with Gasteiger partial charge in [-0.15, -0.1) is 11.3 Å². The molecule has 0 radical (unpaired) electrons. The Morgan fingerprint density at radius 1 is 1.38 bits per heavy atom. The van der Waals surface area contributed by atoms with Crippen molar-refractivity contribution >= 4 is 16.9 Å². The van der Waals surface area contributed by atoms with Crippen LogP contribution in [0.1, 0.15) is 5.69 Å². The van der Waals surface area contributed by atoms with E-state index in [1.807, 2.05) is 34.2 Å². The van der Waals surface area contributed by atoms with Crippen LogP contribution in [0.5, 0.6) is 0 Å². The van der Waals surface area contributed by atoms with Gasteiger partial charge in [-0.3, -0.25) is 4.40 Å². The van der Waals surface area contributed by atoms with Crippen LogP contribution in [0.3, 0.4) is 0 Å². The summed E-state index contributed by atoms with van der Waals surface area (Å²) >= 11 is 1.58. The van der Waals surface area contributed by atoms with Crippen LogP contribution in [0.4, 0.5) is 0 Å². The van der Waals surface area contributed by atoms with E-state index >= 15 is 0 Å².